The molecule has 1 fully saturated rings. The van der Waals surface area contributed by atoms with Gasteiger partial charge in [-0.15, -0.1) is 0 Å². The predicted molar refractivity (Wildman–Crippen MR) is 105 cm³/mol. The SMILES string of the molecule is c1ccc(-n2nnnc2N2CCCC(Nc3ccc4c(c3)OCCO4)C2)cc1. The van der Waals surface area contributed by atoms with E-state index < -0.39 is 0 Å². The monoisotopic (exact) mass is 378 g/mol. The highest BCUT2D eigenvalue weighted by molar-refractivity contribution is 5.56. The standard InChI is InChI=1S/C20H22N6O2/c1-2-6-17(7-3-1)26-20(22-23-24-26)25-10-4-5-16(14-25)21-15-8-9-18-19(13-15)28-12-11-27-18/h1-3,6-9,13,16,21H,4-5,10-12,14H2. The normalized spacial score (nSPS) is 18.7. The van der Waals surface area contributed by atoms with Gasteiger partial charge in [0.15, 0.2) is 11.5 Å². The Kier molecular flexibility index (Phi) is 4.44. The minimum Gasteiger partial charge on any atom is -0.486 e. The highest BCUT2D eigenvalue weighted by atomic mass is 16.6. The first kappa shape index (κ1) is 16.9. The van der Waals surface area contributed by atoms with Crippen molar-refractivity contribution in [3.63, 3.8) is 0 Å². The first-order valence-electron chi connectivity index (χ1n) is 9.62. The van der Waals surface area contributed by atoms with Crippen LogP contribution in [0.3, 0.4) is 0 Å². The fourth-order valence-electron chi connectivity index (χ4n) is 3.76. The molecule has 0 radical (unpaired) electrons. The number of benzene rings is 2. The number of nitrogens with one attached hydrogen (secondary N) is 1. The Labute approximate surface area is 163 Å². The zero-order chi connectivity index (χ0) is 18.8. The summed E-state index contributed by atoms with van der Waals surface area (Å²) in [5.41, 5.74) is 2.00. The van der Waals surface area contributed by atoms with E-state index in [-0.39, 0.29) is 0 Å². The molecule has 2 aliphatic heterocycles. The van der Waals surface area contributed by atoms with Crippen LogP contribution in [0, 0.1) is 0 Å². The molecule has 0 saturated carbocycles. The molecule has 28 heavy (non-hydrogen) atoms. The third kappa shape index (κ3) is 3.33. The molecule has 144 valence electrons. The molecule has 2 aromatic carbocycles. The number of tetrazole rings is 1. The Morgan fingerprint density at radius 3 is 2.75 bits per heavy atom. The van der Waals surface area contributed by atoms with Gasteiger partial charge in [0.2, 0.25) is 5.95 Å². The average molecular weight is 378 g/mol. The molecular formula is C20H22N6O2. The van der Waals surface area contributed by atoms with Crippen molar-refractivity contribution in [2.24, 2.45) is 0 Å². The minimum atomic E-state index is 0.303. The van der Waals surface area contributed by atoms with Crippen LogP contribution in [0.1, 0.15) is 12.8 Å². The summed E-state index contributed by atoms with van der Waals surface area (Å²) in [7, 11) is 0. The van der Waals surface area contributed by atoms with Gasteiger partial charge in [0.1, 0.15) is 13.2 Å². The second kappa shape index (κ2) is 7.38. The lowest BCUT2D eigenvalue weighted by molar-refractivity contribution is 0.171. The second-order valence-electron chi connectivity index (χ2n) is 7.01. The molecule has 0 aliphatic carbocycles. The number of piperidine rings is 1. The molecule has 3 aromatic rings. The van der Waals surface area contributed by atoms with Crippen molar-refractivity contribution in [3.05, 3.63) is 48.5 Å². The molecule has 8 nitrogen and oxygen atoms in total. The molecule has 2 aliphatic rings. The van der Waals surface area contributed by atoms with E-state index in [2.05, 4.69) is 25.7 Å². The van der Waals surface area contributed by atoms with Gasteiger partial charge in [0.05, 0.1) is 5.69 Å². The van der Waals surface area contributed by atoms with Gasteiger partial charge in [-0.3, -0.25) is 0 Å². The van der Waals surface area contributed by atoms with E-state index in [1.165, 1.54) is 0 Å². The number of nitrogens with zero attached hydrogens (tertiary/aromatic N) is 5. The van der Waals surface area contributed by atoms with E-state index >= 15 is 0 Å². The number of hydrogen-bond donors (Lipinski definition) is 1. The van der Waals surface area contributed by atoms with Gasteiger partial charge in [-0.25, -0.2) is 0 Å². The lowest BCUT2D eigenvalue weighted by atomic mass is 10.1. The molecule has 1 atom stereocenters. The van der Waals surface area contributed by atoms with Gasteiger partial charge >= 0.3 is 0 Å². The number of rotatable bonds is 4. The van der Waals surface area contributed by atoms with Crippen LogP contribution in [-0.4, -0.2) is 52.6 Å². The Morgan fingerprint density at radius 2 is 1.86 bits per heavy atom. The Balaban J connectivity index is 1.32. The summed E-state index contributed by atoms with van der Waals surface area (Å²) in [5.74, 6) is 2.39. The third-order valence-electron chi connectivity index (χ3n) is 5.07. The molecule has 0 amide bonds. The quantitative estimate of drug-likeness (QED) is 0.747. The van der Waals surface area contributed by atoms with E-state index in [0.29, 0.717) is 19.3 Å². The fraction of sp³-hybridized carbons (Fsp3) is 0.350. The van der Waals surface area contributed by atoms with Crippen LogP contribution in [0.15, 0.2) is 48.5 Å². The molecule has 1 unspecified atom stereocenters. The Morgan fingerprint density at radius 1 is 1.00 bits per heavy atom. The molecule has 0 bridgehead atoms. The summed E-state index contributed by atoms with van der Waals surface area (Å²) in [6, 6.07) is 16.3. The maximum Gasteiger partial charge on any atom is 0.250 e. The van der Waals surface area contributed by atoms with Crippen molar-refractivity contribution >= 4 is 11.6 Å². The minimum absolute atomic E-state index is 0.303. The second-order valence-corrected chi connectivity index (χ2v) is 7.01. The smallest absolute Gasteiger partial charge is 0.250 e. The van der Waals surface area contributed by atoms with Crippen LogP contribution in [0.25, 0.3) is 5.69 Å². The van der Waals surface area contributed by atoms with Gasteiger partial charge in [-0.2, -0.15) is 4.68 Å². The van der Waals surface area contributed by atoms with Crippen molar-refractivity contribution in [2.45, 2.75) is 18.9 Å². The molecular weight excluding hydrogens is 356 g/mol. The van der Waals surface area contributed by atoms with Gasteiger partial charge in [0, 0.05) is 30.9 Å². The molecule has 1 saturated heterocycles. The zero-order valence-corrected chi connectivity index (χ0v) is 15.5. The molecule has 0 spiro atoms. The van der Waals surface area contributed by atoms with Gasteiger partial charge < -0.3 is 19.7 Å². The van der Waals surface area contributed by atoms with Gasteiger partial charge in [-0.1, -0.05) is 23.3 Å². The van der Waals surface area contributed by atoms with Crippen molar-refractivity contribution in [1.29, 1.82) is 0 Å². The fourth-order valence-corrected chi connectivity index (χ4v) is 3.76. The summed E-state index contributed by atoms with van der Waals surface area (Å²) in [4.78, 5) is 2.24. The summed E-state index contributed by atoms with van der Waals surface area (Å²) in [5, 5.41) is 16.0. The largest absolute Gasteiger partial charge is 0.486 e. The lowest BCUT2D eigenvalue weighted by Gasteiger charge is -2.34. The molecule has 5 rings (SSSR count). The topological polar surface area (TPSA) is 77.3 Å². The molecule has 8 heteroatoms. The maximum atomic E-state index is 5.69. The summed E-state index contributed by atoms with van der Waals surface area (Å²) < 4.78 is 13.1. The van der Waals surface area contributed by atoms with E-state index in [0.717, 1.165) is 54.8 Å². The van der Waals surface area contributed by atoms with Crippen molar-refractivity contribution in [3.8, 4) is 17.2 Å². The Bertz CT molecular complexity index is 945. The lowest BCUT2D eigenvalue weighted by Crippen LogP contribution is -2.43. The average Bonchev–Trinajstić information content (AvgIpc) is 3.25. The van der Waals surface area contributed by atoms with Crippen LogP contribution in [0.4, 0.5) is 11.6 Å². The van der Waals surface area contributed by atoms with E-state index in [1.54, 1.807) is 4.68 Å². The van der Waals surface area contributed by atoms with Crippen molar-refractivity contribution < 1.29 is 9.47 Å². The highest BCUT2D eigenvalue weighted by Crippen LogP contribution is 2.33. The van der Waals surface area contributed by atoms with Gasteiger partial charge in [0.25, 0.3) is 0 Å². The maximum absolute atomic E-state index is 5.69. The Hall–Kier alpha value is -3.29. The number of aromatic nitrogens is 4. The molecule has 1 aromatic heterocycles. The summed E-state index contributed by atoms with van der Waals surface area (Å²) in [6.45, 7) is 2.97. The number of para-hydroxylation sites is 1. The van der Waals surface area contributed by atoms with Crippen LogP contribution < -0.4 is 19.7 Å². The van der Waals surface area contributed by atoms with E-state index in [4.69, 9.17) is 9.47 Å². The van der Waals surface area contributed by atoms with E-state index in [9.17, 15) is 0 Å². The van der Waals surface area contributed by atoms with Gasteiger partial charge in [-0.05, 0) is 47.5 Å². The van der Waals surface area contributed by atoms with Crippen LogP contribution in [-0.2, 0) is 0 Å². The first-order chi connectivity index (χ1) is 13.9. The number of fused-ring (bicyclic) bond motifs is 1. The van der Waals surface area contributed by atoms with Crippen LogP contribution in [0.2, 0.25) is 0 Å². The van der Waals surface area contributed by atoms with Crippen molar-refractivity contribution in [2.75, 3.05) is 36.5 Å². The predicted octanol–water partition coefficient (Wildman–Crippen LogP) is 2.51. The van der Waals surface area contributed by atoms with Crippen molar-refractivity contribution in [1.82, 2.24) is 20.2 Å². The number of hydrogen-bond acceptors (Lipinski definition) is 7. The molecule has 1 N–H and O–H groups in total. The summed E-state index contributed by atoms with van der Waals surface area (Å²) >= 11 is 0. The summed E-state index contributed by atoms with van der Waals surface area (Å²) in [6.07, 6.45) is 2.17. The third-order valence-corrected chi connectivity index (χ3v) is 5.07. The number of anilines is 2. The number of ether oxygens (including phenoxy) is 2. The van der Waals surface area contributed by atoms with Crippen LogP contribution in [0.5, 0.6) is 11.5 Å². The van der Waals surface area contributed by atoms with Crippen LogP contribution >= 0.6 is 0 Å². The zero-order valence-electron chi connectivity index (χ0n) is 15.5. The molecule has 3 heterocycles. The highest BCUT2D eigenvalue weighted by Gasteiger charge is 2.25. The van der Waals surface area contributed by atoms with E-state index in [1.807, 2.05) is 48.5 Å². The first-order valence-corrected chi connectivity index (χ1v) is 9.62.